The molecule has 0 saturated heterocycles. The molecule has 174 valence electrons. The number of imide groups is 2. The number of carbonyl (C=O) groups is 4. The van der Waals surface area contributed by atoms with Crippen LogP contribution in [-0.2, 0) is 0 Å². The third kappa shape index (κ3) is 3.37. The van der Waals surface area contributed by atoms with E-state index in [1.54, 1.807) is 84.9 Å². The average molecular weight is 509 g/mol. The molecule has 6 rings (SSSR count). The van der Waals surface area contributed by atoms with Gasteiger partial charge in [0.2, 0.25) is 0 Å². The van der Waals surface area contributed by atoms with Crippen molar-refractivity contribution in [2.45, 2.75) is 9.79 Å². The van der Waals surface area contributed by atoms with Gasteiger partial charge in [0.05, 0.1) is 33.6 Å². The maximum Gasteiger partial charge on any atom is 0.266 e. The Hall–Kier alpha value is -4.14. The quantitative estimate of drug-likeness (QED) is 0.282. The van der Waals surface area contributed by atoms with Crippen molar-refractivity contribution in [2.24, 2.45) is 0 Å². The van der Waals surface area contributed by atoms with E-state index < -0.39 is 23.6 Å². The molecule has 2 aliphatic rings. The number of fused-ring (bicyclic) bond motifs is 2. The summed E-state index contributed by atoms with van der Waals surface area (Å²) in [5, 5.41) is 0. The van der Waals surface area contributed by atoms with Crippen LogP contribution in [0.25, 0.3) is 11.1 Å². The summed E-state index contributed by atoms with van der Waals surface area (Å²) in [6.07, 6.45) is 0. The Morgan fingerprint density at radius 3 is 1.11 bits per heavy atom. The van der Waals surface area contributed by atoms with Crippen molar-refractivity contribution in [1.82, 2.24) is 0 Å². The lowest BCUT2D eigenvalue weighted by atomic mass is 9.97. The lowest BCUT2D eigenvalue weighted by Gasteiger charge is -2.13. The van der Waals surface area contributed by atoms with Gasteiger partial charge >= 0.3 is 0 Å². The first kappa shape index (κ1) is 22.3. The average Bonchev–Trinajstić information content (AvgIpc) is 3.29. The molecule has 4 amide bonds. The smallest absolute Gasteiger partial charge is 0.266 e. The minimum absolute atomic E-state index is 0.281. The number of thiol groups is 2. The van der Waals surface area contributed by atoms with Crippen LogP contribution in [0, 0.1) is 0 Å². The summed E-state index contributed by atoms with van der Waals surface area (Å²) in [6, 6.07) is 23.5. The van der Waals surface area contributed by atoms with Crippen LogP contribution in [-0.4, -0.2) is 23.6 Å². The Kier molecular flexibility index (Phi) is 5.10. The Balaban J connectivity index is 1.35. The first-order valence-corrected chi connectivity index (χ1v) is 11.9. The molecule has 36 heavy (non-hydrogen) atoms. The van der Waals surface area contributed by atoms with Crippen molar-refractivity contribution in [3.63, 3.8) is 0 Å². The molecular formula is C28H16N2O4S2. The van der Waals surface area contributed by atoms with Crippen LogP contribution in [0.15, 0.2) is 94.7 Å². The molecular weight excluding hydrogens is 492 g/mol. The standard InChI is InChI=1S/C28H16N2O4S2/c31-25-21-11-1-15(13-23(21)27(33)29(25)17-3-7-19(35)8-4-17)16-2-12-22-24(14-16)28(34)30(26(22)32)18-5-9-20(36)10-6-18/h1-14,35-36H. The number of nitrogens with zero attached hydrogens (tertiary/aromatic N) is 2. The third-order valence-corrected chi connectivity index (χ3v) is 6.92. The molecule has 0 aliphatic carbocycles. The molecule has 8 heteroatoms. The lowest BCUT2D eigenvalue weighted by Crippen LogP contribution is -2.29. The number of benzene rings is 4. The largest absolute Gasteiger partial charge is 0.268 e. The SMILES string of the molecule is O=C1c2ccc(-c3ccc4c(c3)C(=O)N(c3ccc(S)cc3)C4=O)cc2C(=O)N1c1ccc(S)cc1. The molecule has 2 aliphatic heterocycles. The highest BCUT2D eigenvalue weighted by Gasteiger charge is 2.38. The summed E-state index contributed by atoms with van der Waals surface area (Å²) in [6.45, 7) is 0. The van der Waals surface area contributed by atoms with Gasteiger partial charge in [0.15, 0.2) is 0 Å². The zero-order chi connectivity index (χ0) is 25.1. The monoisotopic (exact) mass is 508 g/mol. The van der Waals surface area contributed by atoms with E-state index in [1.165, 1.54) is 0 Å². The van der Waals surface area contributed by atoms with Crippen molar-refractivity contribution in [2.75, 3.05) is 9.80 Å². The zero-order valence-electron chi connectivity index (χ0n) is 18.5. The molecule has 0 atom stereocenters. The van der Waals surface area contributed by atoms with E-state index >= 15 is 0 Å². The summed E-state index contributed by atoms with van der Waals surface area (Å²) in [7, 11) is 0. The fourth-order valence-corrected chi connectivity index (χ4v) is 4.81. The van der Waals surface area contributed by atoms with Crippen LogP contribution < -0.4 is 9.80 Å². The van der Waals surface area contributed by atoms with E-state index in [9.17, 15) is 19.2 Å². The van der Waals surface area contributed by atoms with E-state index in [2.05, 4.69) is 25.3 Å². The van der Waals surface area contributed by atoms with Crippen LogP contribution in [0.4, 0.5) is 11.4 Å². The zero-order valence-corrected chi connectivity index (χ0v) is 20.3. The van der Waals surface area contributed by atoms with Crippen LogP contribution >= 0.6 is 25.3 Å². The molecule has 0 N–H and O–H groups in total. The third-order valence-electron chi connectivity index (χ3n) is 6.32. The van der Waals surface area contributed by atoms with Crippen molar-refractivity contribution in [1.29, 1.82) is 0 Å². The van der Waals surface area contributed by atoms with Crippen LogP contribution in [0.1, 0.15) is 41.4 Å². The number of rotatable bonds is 3. The summed E-state index contributed by atoms with van der Waals surface area (Å²) >= 11 is 8.51. The first-order valence-electron chi connectivity index (χ1n) is 11.0. The van der Waals surface area contributed by atoms with Crippen LogP contribution in [0.2, 0.25) is 0 Å². The Morgan fingerprint density at radius 2 is 0.750 bits per heavy atom. The molecule has 0 fully saturated rings. The minimum atomic E-state index is -0.421. The van der Waals surface area contributed by atoms with E-state index in [4.69, 9.17) is 0 Å². The second kappa shape index (κ2) is 8.22. The van der Waals surface area contributed by atoms with Crippen molar-refractivity contribution in [3.8, 4) is 11.1 Å². The predicted molar refractivity (Wildman–Crippen MR) is 142 cm³/mol. The molecule has 0 saturated carbocycles. The van der Waals surface area contributed by atoms with Crippen molar-refractivity contribution in [3.05, 3.63) is 107 Å². The van der Waals surface area contributed by atoms with Gasteiger partial charge in [0.1, 0.15) is 0 Å². The molecule has 0 bridgehead atoms. The van der Waals surface area contributed by atoms with Crippen molar-refractivity contribution < 1.29 is 19.2 Å². The second-order valence-electron chi connectivity index (χ2n) is 8.44. The maximum atomic E-state index is 13.2. The highest BCUT2D eigenvalue weighted by Crippen LogP contribution is 2.35. The molecule has 4 aromatic carbocycles. The normalized spacial score (nSPS) is 14.5. The minimum Gasteiger partial charge on any atom is -0.268 e. The number of hydrogen-bond acceptors (Lipinski definition) is 6. The van der Waals surface area contributed by atoms with Gasteiger partial charge in [0.25, 0.3) is 23.6 Å². The highest BCUT2D eigenvalue weighted by atomic mass is 32.1. The van der Waals surface area contributed by atoms with Gasteiger partial charge in [-0.2, -0.15) is 0 Å². The fraction of sp³-hybridized carbons (Fsp3) is 0. The number of anilines is 2. The number of carbonyl (C=O) groups excluding carboxylic acids is 4. The summed E-state index contributed by atoms with van der Waals surface area (Å²) in [4.78, 5) is 56.0. The van der Waals surface area contributed by atoms with E-state index in [1.807, 2.05) is 0 Å². The predicted octanol–water partition coefficient (Wildman–Crippen LogP) is 5.53. The molecule has 4 aromatic rings. The number of amides is 4. The van der Waals surface area contributed by atoms with E-state index in [-0.39, 0.29) is 11.1 Å². The van der Waals surface area contributed by atoms with Crippen LogP contribution in [0.5, 0.6) is 0 Å². The highest BCUT2D eigenvalue weighted by molar-refractivity contribution is 7.80. The Labute approximate surface area is 217 Å². The van der Waals surface area contributed by atoms with Gasteiger partial charge in [-0.15, -0.1) is 25.3 Å². The molecule has 0 aromatic heterocycles. The Morgan fingerprint density at radius 1 is 0.417 bits per heavy atom. The lowest BCUT2D eigenvalue weighted by molar-refractivity contribution is 0.0910. The van der Waals surface area contributed by atoms with Gasteiger partial charge in [-0.25, -0.2) is 9.80 Å². The topological polar surface area (TPSA) is 74.8 Å². The maximum absolute atomic E-state index is 13.2. The molecule has 2 heterocycles. The van der Waals surface area contributed by atoms with Crippen molar-refractivity contribution >= 4 is 60.3 Å². The van der Waals surface area contributed by atoms with Gasteiger partial charge in [-0.3, -0.25) is 19.2 Å². The summed E-state index contributed by atoms with van der Waals surface area (Å²) in [5.41, 5.74) is 3.43. The summed E-state index contributed by atoms with van der Waals surface area (Å²) in [5.74, 6) is -1.64. The van der Waals surface area contributed by atoms with Gasteiger partial charge in [-0.05, 0) is 83.9 Å². The van der Waals surface area contributed by atoms with Gasteiger partial charge in [0, 0.05) is 9.79 Å². The molecule has 0 spiro atoms. The second-order valence-corrected chi connectivity index (χ2v) is 9.48. The van der Waals surface area contributed by atoms with Gasteiger partial charge in [-0.1, -0.05) is 12.1 Å². The number of hydrogen-bond donors (Lipinski definition) is 2. The fourth-order valence-electron chi connectivity index (χ4n) is 4.51. The van der Waals surface area contributed by atoms with Gasteiger partial charge < -0.3 is 0 Å². The first-order chi connectivity index (χ1) is 17.3. The van der Waals surface area contributed by atoms with Crippen LogP contribution in [0.3, 0.4) is 0 Å². The summed E-state index contributed by atoms with van der Waals surface area (Å²) < 4.78 is 0. The molecule has 0 radical (unpaired) electrons. The molecule has 0 unspecified atom stereocenters. The van der Waals surface area contributed by atoms with E-state index in [0.29, 0.717) is 33.6 Å². The Bertz CT molecular complexity index is 1510. The molecule has 6 nitrogen and oxygen atoms in total. The van der Waals surface area contributed by atoms with E-state index in [0.717, 1.165) is 19.6 Å².